The molecule has 1 amide bonds. The number of halogens is 1. The number of likely N-dealkylation sites (tertiary alicyclic amines) is 1. The molecule has 1 atom stereocenters. The van der Waals surface area contributed by atoms with Crippen molar-refractivity contribution in [1.82, 2.24) is 4.90 Å². The number of hydrogen-bond donors (Lipinski definition) is 0. The average Bonchev–Trinajstić information content (AvgIpc) is 3.30. The summed E-state index contributed by atoms with van der Waals surface area (Å²) in [5.41, 5.74) is 0.642. The van der Waals surface area contributed by atoms with Gasteiger partial charge in [-0.05, 0) is 64.7 Å². The number of carbonyl (C=O) groups excluding carboxylic acids is 1. The van der Waals surface area contributed by atoms with Crippen LogP contribution in [0.25, 0.3) is 21.5 Å². The maximum absolute atomic E-state index is 13.7. The van der Waals surface area contributed by atoms with Gasteiger partial charge in [0, 0.05) is 23.5 Å². The van der Waals surface area contributed by atoms with Crippen molar-refractivity contribution in [3.05, 3.63) is 35.9 Å². The number of fused-ring (bicyclic) bond motifs is 3. The first-order valence-corrected chi connectivity index (χ1v) is 11.3. The Morgan fingerprint density at radius 2 is 1.42 bits per heavy atom. The van der Waals surface area contributed by atoms with E-state index in [1.54, 1.807) is 28.4 Å². The van der Waals surface area contributed by atoms with Crippen molar-refractivity contribution >= 4 is 43.4 Å². The summed E-state index contributed by atoms with van der Waals surface area (Å²) in [6.07, 6.45) is 2.01. The number of alkyl halides is 1. The van der Waals surface area contributed by atoms with Crippen molar-refractivity contribution in [2.75, 3.05) is 40.3 Å². The molecular formula is C24H26BrNO5. The third-order valence-corrected chi connectivity index (χ3v) is 6.75. The molecule has 0 aliphatic carbocycles. The predicted octanol–water partition coefficient (Wildman–Crippen LogP) is 5.03. The molecule has 1 aliphatic heterocycles. The van der Waals surface area contributed by atoms with Crippen LogP contribution in [0.5, 0.6) is 23.0 Å². The molecule has 6 nitrogen and oxygen atoms in total. The predicted molar refractivity (Wildman–Crippen MR) is 126 cm³/mol. The first kappa shape index (κ1) is 21.6. The van der Waals surface area contributed by atoms with Crippen LogP contribution in [0.4, 0.5) is 0 Å². The lowest BCUT2D eigenvalue weighted by Gasteiger charge is -2.24. The van der Waals surface area contributed by atoms with Gasteiger partial charge in [0.15, 0.2) is 23.0 Å². The Kier molecular flexibility index (Phi) is 6.14. The molecule has 4 rings (SSSR count). The minimum Gasteiger partial charge on any atom is -0.493 e. The van der Waals surface area contributed by atoms with E-state index in [-0.39, 0.29) is 11.9 Å². The third kappa shape index (κ3) is 3.65. The van der Waals surface area contributed by atoms with Gasteiger partial charge in [-0.15, -0.1) is 0 Å². The molecule has 1 heterocycles. The Bertz CT molecular complexity index is 1150. The molecule has 0 spiro atoms. The average molecular weight is 488 g/mol. The van der Waals surface area contributed by atoms with Gasteiger partial charge in [0.25, 0.3) is 5.91 Å². The molecule has 7 heteroatoms. The third-order valence-electron chi connectivity index (χ3n) is 6.01. The standard InChI is InChI=1S/C24H26BrNO5/c1-28-20-9-14-8-19(24(27)26-7-5-6-15(26)13-25)18-12-23(31-4)22(30-3)11-17(18)16(14)10-21(20)29-2/h8-12,15H,5-7,13H2,1-4H3/t15-/m0/s1. The maximum atomic E-state index is 13.7. The van der Waals surface area contributed by atoms with Crippen LogP contribution in [0, 0.1) is 0 Å². The van der Waals surface area contributed by atoms with E-state index in [1.807, 2.05) is 35.2 Å². The van der Waals surface area contributed by atoms with Crippen molar-refractivity contribution in [1.29, 1.82) is 0 Å². The van der Waals surface area contributed by atoms with E-state index in [0.717, 1.165) is 46.3 Å². The van der Waals surface area contributed by atoms with Crippen molar-refractivity contribution in [2.24, 2.45) is 0 Å². The Hall–Kier alpha value is -2.67. The van der Waals surface area contributed by atoms with Crippen molar-refractivity contribution in [3.63, 3.8) is 0 Å². The first-order chi connectivity index (χ1) is 15.1. The van der Waals surface area contributed by atoms with Crippen LogP contribution in [0.2, 0.25) is 0 Å². The Balaban J connectivity index is 2.04. The molecule has 1 aliphatic rings. The normalized spacial score (nSPS) is 16.0. The van der Waals surface area contributed by atoms with Crippen LogP contribution in [-0.2, 0) is 0 Å². The smallest absolute Gasteiger partial charge is 0.254 e. The van der Waals surface area contributed by atoms with Crippen LogP contribution in [0.3, 0.4) is 0 Å². The van der Waals surface area contributed by atoms with E-state index in [2.05, 4.69) is 15.9 Å². The summed E-state index contributed by atoms with van der Waals surface area (Å²) in [5, 5.41) is 4.34. The van der Waals surface area contributed by atoms with Gasteiger partial charge in [-0.2, -0.15) is 0 Å². The lowest BCUT2D eigenvalue weighted by atomic mass is 9.95. The van der Waals surface area contributed by atoms with E-state index < -0.39 is 0 Å². The van der Waals surface area contributed by atoms with Crippen LogP contribution < -0.4 is 18.9 Å². The Morgan fingerprint density at radius 3 is 2.00 bits per heavy atom. The summed E-state index contributed by atoms with van der Waals surface area (Å²) in [6, 6.07) is 9.80. The lowest BCUT2D eigenvalue weighted by Crippen LogP contribution is -2.36. The number of hydrogen-bond acceptors (Lipinski definition) is 5. The maximum Gasteiger partial charge on any atom is 0.254 e. The SMILES string of the molecule is COc1cc2cc(C(=O)N3CCC[C@H]3CBr)c3cc(OC)c(OC)cc3c2cc1OC. The Labute approximate surface area is 190 Å². The lowest BCUT2D eigenvalue weighted by molar-refractivity contribution is 0.0752. The summed E-state index contributed by atoms with van der Waals surface area (Å²) >= 11 is 3.56. The van der Waals surface area contributed by atoms with Gasteiger partial charge in [-0.1, -0.05) is 15.9 Å². The summed E-state index contributed by atoms with van der Waals surface area (Å²) < 4.78 is 22.1. The molecule has 0 aromatic heterocycles. The highest BCUT2D eigenvalue weighted by atomic mass is 79.9. The molecule has 1 saturated heterocycles. The van der Waals surface area contributed by atoms with Crippen LogP contribution >= 0.6 is 15.9 Å². The number of nitrogens with zero attached hydrogens (tertiary/aromatic N) is 1. The fourth-order valence-electron chi connectivity index (χ4n) is 4.40. The molecule has 164 valence electrons. The second kappa shape index (κ2) is 8.83. The number of rotatable bonds is 6. The van der Waals surface area contributed by atoms with Gasteiger partial charge < -0.3 is 23.8 Å². The highest BCUT2D eigenvalue weighted by molar-refractivity contribution is 9.09. The van der Waals surface area contributed by atoms with Gasteiger partial charge in [0.2, 0.25) is 0 Å². The molecule has 0 saturated carbocycles. The zero-order chi connectivity index (χ0) is 22.1. The monoisotopic (exact) mass is 487 g/mol. The number of ether oxygens (including phenoxy) is 4. The van der Waals surface area contributed by atoms with Crippen LogP contribution in [0.1, 0.15) is 23.2 Å². The number of benzene rings is 3. The van der Waals surface area contributed by atoms with E-state index >= 15 is 0 Å². The second-order valence-corrected chi connectivity index (χ2v) is 8.20. The van der Waals surface area contributed by atoms with E-state index in [0.29, 0.717) is 28.6 Å². The number of amides is 1. The molecule has 0 unspecified atom stereocenters. The molecule has 31 heavy (non-hydrogen) atoms. The van der Waals surface area contributed by atoms with Gasteiger partial charge in [0.05, 0.1) is 28.4 Å². The van der Waals surface area contributed by atoms with Crippen LogP contribution in [-0.4, -0.2) is 57.2 Å². The fraction of sp³-hybridized carbons (Fsp3) is 0.375. The molecule has 0 radical (unpaired) electrons. The highest BCUT2D eigenvalue weighted by Gasteiger charge is 2.30. The zero-order valence-corrected chi connectivity index (χ0v) is 19.7. The topological polar surface area (TPSA) is 57.2 Å². The summed E-state index contributed by atoms with van der Waals surface area (Å²) in [6.45, 7) is 0.758. The van der Waals surface area contributed by atoms with Crippen molar-refractivity contribution < 1.29 is 23.7 Å². The summed E-state index contributed by atoms with van der Waals surface area (Å²) in [7, 11) is 6.42. The highest BCUT2D eigenvalue weighted by Crippen LogP contribution is 2.41. The minimum atomic E-state index is 0.0239. The molecule has 0 N–H and O–H groups in total. The molecular weight excluding hydrogens is 462 g/mol. The number of methoxy groups -OCH3 is 4. The van der Waals surface area contributed by atoms with E-state index in [9.17, 15) is 4.79 Å². The second-order valence-electron chi connectivity index (χ2n) is 7.55. The van der Waals surface area contributed by atoms with Crippen LogP contribution in [0.15, 0.2) is 30.3 Å². The summed E-state index contributed by atoms with van der Waals surface area (Å²) in [4.78, 5) is 15.6. The van der Waals surface area contributed by atoms with Gasteiger partial charge in [-0.25, -0.2) is 0 Å². The fourth-order valence-corrected chi connectivity index (χ4v) is 5.07. The van der Waals surface area contributed by atoms with Gasteiger partial charge >= 0.3 is 0 Å². The van der Waals surface area contributed by atoms with Gasteiger partial charge in [-0.3, -0.25) is 4.79 Å². The molecule has 3 aromatic carbocycles. The minimum absolute atomic E-state index is 0.0239. The van der Waals surface area contributed by atoms with E-state index in [4.69, 9.17) is 18.9 Å². The van der Waals surface area contributed by atoms with Crippen molar-refractivity contribution in [2.45, 2.75) is 18.9 Å². The zero-order valence-electron chi connectivity index (χ0n) is 18.2. The summed E-state index contributed by atoms with van der Waals surface area (Å²) in [5.74, 6) is 2.46. The molecule has 0 bridgehead atoms. The quantitative estimate of drug-likeness (QED) is 0.360. The van der Waals surface area contributed by atoms with Gasteiger partial charge in [0.1, 0.15) is 0 Å². The largest absolute Gasteiger partial charge is 0.493 e. The van der Waals surface area contributed by atoms with E-state index in [1.165, 1.54) is 0 Å². The molecule has 3 aromatic rings. The van der Waals surface area contributed by atoms with Crippen molar-refractivity contribution in [3.8, 4) is 23.0 Å². The number of carbonyl (C=O) groups is 1. The Morgan fingerprint density at radius 1 is 0.871 bits per heavy atom. The molecule has 1 fully saturated rings. The first-order valence-electron chi connectivity index (χ1n) is 10.2.